The Labute approximate surface area is 108 Å². The van der Waals surface area contributed by atoms with Gasteiger partial charge in [0.15, 0.2) is 0 Å². The van der Waals surface area contributed by atoms with Crippen LogP contribution in [0.25, 0.3) is 0 Å². The van der Waals surface area contributed by atoms with Gasteiger partial charge in [0.05, 0.1) is 5.92 Å². The lowest BCUT2D eigenvalue weighted by Crippen LogP contribution is -2.44. The molecule has 1 unspecified atom stereocenters. The molecule has 100 valence electrons. The van der Waals surface area contributed by atoms with Crippen LogP contribution < -0.4 is 0 Å². The summed E-state index contributed by atoms with van der Waals surface area (Å²) in [6.07, 6.45) is 0.0658. The Morgan fingerprint density at radius 2 is 1.89 bits per heavy atom. The summed E-state index contributed by atoms with van der Waals surface area (Å²) in [6, 6.07) is 4.88. The molecule has 5 nitrogen and oxygen atoms in total. The molecule has 19 heavy (non-hydrogen) atoms. The minimum absolute atomic E-state index is 0.0754. The first-order valence-corrected chi connectivity index (χ1v) is 5.82. The van der Waals surface area contributed by atoms with E-state index in [0.29, 0.717) is 0 Å². The van der Waals surface area contributed by atoms with Gasteiger partial charge in [-0.05, 0) is 30.7 Å². The van der Waals surface area contributed by atoms with Crippen molar-refractivity contribution in [2.45, 2.75) is 12.8 Å². The zero-order chi connectivity index (χ0) is 14.0. The number of carbonyl (C=O) groups is 3. The fraction of sp³-hybridized carbons (Fsp3) is 0.308. The first-order valence-electron chi connectivity index (χ1n) is 5.82. The molecule has 0 aliphatic carbocycles. The minimum Gasteiger partial charge on any atom is -0.481 e. The van der Waals surface area contributed by atoms with E-state index in [1.165, 1.54) is 12.1 Å². The topological polar surface area (TPSA) is 74.7 Å². The number of carbonyl (C=O) groups excluding carboxylic acids is 2. The lowest BCUT2D eigenvalue weighted by atomic mass is 9.96. The Kier molecular flexibility index (Phi) is 3.59. The molecule has 0 radical (unpaired) electrons. The van der Waals surface area contributed by atoms with Gasteiger partial charge in [0.1, 0.15) is 5.82 Å². The summed E-state index contributed by atoms with van der Waals surface area (Å²) in [7, 11) is 0. The average molecular weight is 265 g/mol. The number of nitrogens with zero attached hydrogens (tertiary/aromatic N) is 1. The molecule has 2 rings (SSSR count). The Bertz CT molecular complexity index is 526. The van der Waals surface area contributed by atoms with E-state index in [1.54, 1.807) is 0 Å². The maximum atomic E-state index is 12.8. The largest absolute Gasteiger partial charge is 0.481 e. The summed E-state index contributed by atoms with van der Waals surface area (Å²) < 4.78 is 12.8. The highest BCUT2D eigenvalue weighted by Crippen LogP contribution is 2.20. The molecule has 1 aliphatic rings. The third-order valence-corrected chi connectivity index (χ3v) is 3.11. The molecule has 1 saturated heterocycles. The Morgan fingerprint density at radius 1 is 1.26 bits per heavy atom. The van der Waals surface area contributed by atoms with Crippen molar-refractivity contribution in [3.05, 3.63) is 35.6 Å². The number of piperidine rings is 1. The number of benzene rings is 1. The van der Waals surface area contributed by atoms with Crippen molar-refractivity contribution < 1.29 is 23.9 Å². The van der Waals surface area contributed by atoms with Crippen molar-refractivity contribution in [2.75, 3.05) is 6.54 Å². The van der Waals surface area contributed by atoms with Crippen molar-refractivity contribution in [3.8, 4) is 0 Å². The predicted octanol–water partition coefficient (Wildman–Crippen LogP) is 1.29. The number of imide groups is 1. The van der Waals surface area contributed by atoms with E-state index in [1.807, 2.05) is 0 Å². The average Bonchev–Trinajstić information content (AvgIpc) is 2.38. The standard InChI is InChI=1S/C13H12FNO4/c14-10-3-1-8(2-4-10)12(17)15-6-5-9(13(18)19)7-11(15)16/h1-4,9H,5-7H2,(H,18,19). The molecular weight excluding hydrogens is 253 g/mol. The smallest absolute Gasteiger partial charge is 0.307 e. The second-order valence-electron chi connectivity index (χ2n) is 4.39. The molecule has 0 bridgehead atoms. The summed E-state index contributed by atoms with van der Waals surface area (Å²) in [5.41, 5.74) is 0.212. The van der Waals surface area contributed by atoms with Crippen molar-refractivity contribution >= 4 is 17.8 Å². The molecule has 2 amide bonds. The summed E-state index contributed by atoms with van der Waals surface area (Å²) in [5.74, 6) is -3.25. The van der Waals surface area contributed by atoms with Gasteiger partial charge in [-0.15, -0.1) is 0 Å². The Hall–Kier alpha value is -2.24. The van der Waals surface area contributed by atoms with E-state index in [4.69, 9.17) is 5.11 Å². The van der Waals surface area contributed by atoms with Gasteiger partial charge in [0.25, 0.3) is 5.91 Å². The number of rotatable bonds is 2. The normalized spacial score (nSPS) is 19.3. The fourth-order valence-electron chi connectivity index (χ4n) is 2.01. The monoisotopic (exact) mass is 265 g/mol. The van der Waals surface area contributed by atoms with E-state index in [-0.39, 0.29) is 24.9 Å². The molecule has 0 saturated carbocycles. The number of likely N-dealkylation sites (tertiary alicyclic amines) is 1. The quantitative estimate of drug-likeness (QED) is 0.817. The van der Waals surface area contributed by atoms with Gasteiger partial charge in [0.2, 0.25) is 5.91 Å². The first kappa shape index (κ1) is 13.2. The molecule has 6 heteroatoms. The summed E-state index contributed by atoms with van der Waals surface area (Å²) in [6.45, 7) is 0.0754. The highest BCUT2D eigenvalue weighted by atomic mass is 19.1. The van der Waals surface area contributed by atoms with Crippen LogP contribution in [0.4, 0.5) is 4.39 Å². The maximum absolute atomic E-state index is 12.8. The summed E-state index contributed by atoms with van der Waals surface area (Å²) in [4.78, 5) is 35.6. The highest BCUT2D eigenvalue weighted by Gasteiger charge is 2.33. The van der Waals surface area contributed by atoms with Gasteiger partial charge < -0.3 is 5.11 Å². The second-order valence-corrected chi connectivity index (χ2v) is 4.39. The van der Waals surface area contributed by atoms with E-state index in [9.17, 15) is 18.8 Å². The van der Waals surface area contributed by atoms with Gasteiger partial charge >= 0.3 is 5.97 Å². The molecule has 1 aromatic carbocycles. The van der Waals surface area contributed by atoms with Crippen LogP contribution in [-0.2, 0) is 9.59 Å². The number of carboxylic acids is 1. The van der Waals surface area contributed by atoms with E-state index >= 15 is 0 Å². The van der Waals surface area contributed by atoms with Crippen LogP contribution in [0.15, 0.2) is 24.3 Å². The van der Waals surface area contributed by atoms with Crippen LogP contribution in [0.2, 0.25) is 0 Å². The van der Waals surface area contributed by atoms with Crippen molar-refractivity contribution in [1.29, 1.82) is 0 Å². The first-order chi connectivity index (χ1) is 8.99. The Morgan fingerprint density at radius 3 is 2.42 bits per heavy atom. The number of hydrogen-bond donors (Lipinski definition) is 1. The van der Waals surface area contributed by atoms with E-state index in [2.05, 4.69) is 0 Å². The van der Waals surface area contributed by atoms with Crippen LogP contribution >= 0.6 is 0 Å². The molecule has 0 spiro atoms. The van der Waals surface area contributed by atoms with Crippen molar-refractivity contribution in [1.82, 2.24) is 4.90 Å². The van der Waals surface area contributed by atoms with Crippen LogP contribution in [0.5, 0.6) is 0 Å². The molecule has 1 fully saturated rings. The van der Waals surface area contributed by atoms with Gasteiger partial charge in [0, 0.05) is 18.5 Å². The predicted molar refractivity (Wildman–Crippen MR) is 62.8 cm³/mol. The number of hydrogen-bond acceptors (Lipinski definition) is 3. The zero-order valence-corrected chi connectivity index (χ0v) is 10.0. The molecule has 1 N–H and O–H groups in total. The number of carboxylic acid groups (broad SMARTS) is 1. The molecule has 0 aromatic heterocycles. The maximum Gasteiger partial charge on any atom is 0.307 e. The van der Waals surface area contributed by atoms with Crippen LogP contribution in [-0.4, -0.2) is 34.3 Å². The lowest BCUT2D eigenvalue weighted by Gasteiger charge is -2.28. The molecule has 1 atom stereocenters. The van der Waals surface area contributed by atoms with Gasteiger partial charge in [-0.25, -0.2) is 4.39 Å². The van der Waals surface area contributed by atoms with Gasteiger partial charge in [-0.3, -0.25) is 19.3 Å². The summed E-state index contributed by atoms with van der Waals surface area (Å²) in [5, 5.41) is 8.83. The SMILES string of the molecule is O=C(O)C1CCN(C(=O)c2ccc(F)cc2)C(=O)C1. The third kappa shape index (κ3) is 2.78. The van der Waals surface area contributed by atoms with E-state index < -0.39 is 29.5 Å². The van der Waals surface area contributed by atoms with E-state index in [0.717, 1.165) is 17.0 Å². The highest BCUT2D eigenvalue weighted by molar-refractivity contribution is 6.05. The van der Waals surface area contributed by atoms with Gasteiger partial charge in [-0.2, -0.15) is 0 Å². The molecule has 1 aliphatic heterocycles. The molecule has 1 aromatic rings. The molecular formula is C13H12FNO4. The van der Waals surface area contributed by atoms with Crippen LogP contribution in [0.3, 0.4) is 0 Å². The van der Waals surface area contributed by atoms with Crippen molar-refractivity contribution in [2.24, 2.45) is 5.92 Å². The number of halogens is 1. The minimum atomic E-state index is -1.03. The summed E-state index contributed by atoms with van der Waals surface area (Å²) >= 11 is 0. The number of amides is 2. The third-order valence-electron chi connectivity index (χ3n) is 3.11. The fourth-order valence-corrected chi connectivity index (χ4v) is 2.01. The second kappa shape index (κ2) is 5.17. The molecule has 1 heterocycles. The van der Waals surface area contributed by atoms with Crippen LogP contribution in [0, 0.1) is 11.7 Å². The lowest BCUT2D eigenvalue weighted by molar-refractivity contribution is -0.148. The van der Waals surface area contributed by atoms with Crippen molar-refractivity contribution in [3.63, 3.8) is 0 Å². The Balaban J connectivity index is 2.11. The van der Waals surface area contributed by atoms with Crippen LogP contribution in [0.1, 0.15) is 23.2 Å². The van der Waals surface area contributed by atoms with Gasteiger partial charge in [-0.1, -0.05) is 0 Å². The number of aliphatic carboxylic acids is 1. The zero-order valence-electron chi connectivity index (χ0n) is 10.0.